The van der Waals surface area contributed by atoms with E-state index >= 15 is 0 Å². The van der Waals surface area contributed by atoms with Crippen LogP contribution in [0.3, 0.4) is 0 Å². The fourth-order valence-corrected chi connectivity index (χ4v) is 4.26. The Labute approximate surface area is 148 Å². The Morgan fingerprint density at radius 3 is 2.71 bits per heavy atom. The first-order chi connectivity index (χ1) is 11.6. The molecule has 24 heavy (non-hydrogen) atoms. The predicted octanol–water partition coefficient (Wildman–Crippen LogP) is 3.27. The predicted molar refractivity (Wildman–Crippen MR) is 101 cm³/mol. The van der Waals surface area contributed by atoms with Gasteiger partial charge in [0.25, 0.3) is 0 Å². The number of carbonyl (C=O) groups excluding carboxylic acids is 1. The van der Waals surface area contributed by atoms with Crippen molar-refractivity contribution in [1.82, 2.24) is 4.90 Å². The van der Waals surface area contributed by atoms with Gasteiger partial charge in [0.15, 0.2) is 0 Å². The number of anilines is 2. The molecule has 0 unspecified atom stereocenters. The minimum Gasteiger partial charge on any atom is -0.372 e. The van der Waals surface area contributed by atoms with Gasteiger partial charge in [-0.3, -0.25) is 0 Å². The third kappa shape index (κ3) is 4.36. The molecule has 0 spiro atoms. The number of carbonyl (C=O) groups is 1. The van der Waals surface area contributed by atoms with Crippen LogP contribution in [0.2, 0.25) is 0 Å². The van der Waals surface area contributed by atoms with Crippen molar-refractivity contribution < 1.29 is 9.53 Å². The fraction of sp³-hybridized carbons (Fsp3) is 0.611. The van der Waals surface area contributed by atoms with Gasteiger partial charge in [0.2, 0.25) is 0 Å². The van der Waals surface area contributed by atoms with Gasteiger partial charge in [-0.2, -0.15) is 11.8 Å². The van der Waals surface area contributed by atoms with Crippen molar-refractivity contribution >= 4 is 29.2 Å². The van der Waals surface area contributed by atoms with Crippen molar-refractivity contribution in [3.05, 3.63) is 24.3 Å². The molecule has 1 aromatic rings. The van der Waals surface area contributed by atoms with Crippen LogP contribution in [-0.4, -0.2) is 60.8 Å². The summed E-state index contributed by atoms with van der Waals surface area (Å²) in [6.45, 7) is 7.55. The minimum absolute atomic E-state index is 0.0132. The minimum atomic E-state index is 0.0132. The Hall–Kier alpha value is -1.40. The second kappa shape index (κ2) is 8.12. The summed E-state index contributed by atoms with van der Waals surface area (Å²) in [6, 6.07) is 8.09. The van der Waals surface area contributed by atoms with E-state index in [4.69, 9.17) is 4.74 Å². The van der Waals surface area contributed by atoms with Crippen LogP contribution in [0.4, 0.5) is 16.2 Å². The van der Waals surface area contributed by atoms with E-state index in [-0.39, 0.29) is 18.2 Å². The molecular weight excluding hydrogens is 322 g/mol. The zero-order valence-electron chi connectivity index (χ0n) is 14.5. The molecule has 2 aliphatic heterocycles. The average molecular weight is 350 g/mol. The number of urea groups is 1. The van der Waals surface area contributed by atoms with Crippen LogP contribution >= 0.6 is 11.8 Å². The monoisotopic (exact) mass is 349 g/mol. The molecule has 2 atom stereocenters. The van der Waals surface area contributed by atoms with Crippen LogP contribution in [0, 0.1) is 0 Å². The number of para-hydroxylation sites is 2. The molecule has 1 aromatic carbocycles. The number of morpholine rings is 1. The van der Waals surface area contributed by atoms with E-state index in [1.807, 2.05) is 34.9 Å². The zero-order chi connectivity index (χ0) is 16.9. The number of ether oxygens (including phenoxy) is 1. The quantitative estimate of drug-likeness (QED) is 0.890. The first kappa shape index (κ1) is 17.4. The molecule has 0 aromatic heterocycles. The van der Waals surface area contributed by atoms with Gasteiger partial charge in [-0.15, -0.1) is 0 Å². The highest BCUT2D eigenvalue weighted by molar-refractivity contribution is 7.99. The lowest BCUT2D eigenvalue weighted by Gasteiger charge is -2.37. The van der Waals surface area contributed by atoms with Gasteiger partial charge < -0.3 is 19.9 Å². The summed E-state index contributed by atoms with van der Waals surface area (Å²) in [7, 11) is 0. The van der Waals surface area contributed by atoms with E-state index in [1.165, 1.54) is 0 Å². The third-order valence-corrected chi connectivity index (χ3v) is 5.46. The van der Waals surface area contributed by atoms with E-state index in [2.05, 4.69) is 30.1 Å². The van der Waals surface area contributed by atoms with Crippen molar-refractivity contribution in [2.75, 3.05) is 47.9 Å². The molecule has 3 rings (SSSR count). The third-order valence-electron chi connectivity index (χ3n) is 4.42. The topological polar surface area (TPSA) is 44.8 Å². The lowest BCUT2D eigenvalue weighted by molar-refractivity contribution is -0.00517. The van der Waals surface area contributed by atoms with E-state index in [0.717, 1.165) is 55.5 Å². The van der Waals surface area contributed by atoms with Crippen molar-refractivity contribution in [2.45, 2.75) is 32.5 Å². The number of hydrogen-bond donors (Lipinski definition) is 1. The lowest BCUT2D eigenvalue weighted by atomic mass is 10.1. The average Bonchev–Trinajstić information content (AvgIpc) is 2.84. The maximum Gasteiger partial charge on any atom is 0.321 e. The van der Waals surface area contributed by atoms with Gasteiger partial charge >= 0.3 is 6.03 Å². The number of hydrogen-bond acceptors (Lipinski definition) is 4. The summed E-state index contributed by atoms with van der Waals surface area (Å²) < 4.78 is 5.83. The van der Waals surface area contributed by atoms with E-state index in [9.17, 15) is 4.79 Å². The summed E-state index contributed by atoms with van der Waals surface area (Å²) in [5.74, 6) is 2.16. The lowest BCUT2D eigenvalue weighted by Crippen LogP contribution is -2.46. The normalized spacial score (nSPS) is 25.2. The van der Waals surface area contributed by atoms with Crippen LogP contribution in [0.5, 0.6) is 0 Å². The Morgan fingerprint density at radius 2 is 1.92 bits per heavy atom. The van der Waals surface area contributed by atoms with Crippen LogP contribution in [0.1, 0.15) is 20.3 Å². The molecule has 2 saturated heterocycles. The maximum atomic E-state index is 12.6. The summed E-state index contributed by atoms with van der Waals surface area (Å²) in [5.41, 5.74) is 1.97. The van der Waals surface area contributed by atoms with E-state index < -0.39 is 0 Å². The molecule has 2 fully saturated rings. The summed E-state index contributed by atoms with van der Waals surface area (Å²) in [4.78, 5) is 16.9. The van der Waals surface area contributed by atoms with Crippen LogP contribution in [-0.2, 0) is 4.74 Å². The molecule has 0 bridgehead atoms. The van der Waals surface area contributed by atoms with Gasteiger partial charge in [0, 0.05) is 31.9 Å². The van der Waals surface area contributed by atoms with Crippen LogP contribution in [0.15, 0.2) is 24.3 Å². The highest BCUT2D eigenvalue weighted by Gasteiger charge is 2.25. The highest BCUT2D eigenvalue weighted by atomic mass is 32.2. The smallest absolute Gasteiger partial charge is 0.321 e. The van der Waals surface area contributed by atoms with Gasteiger partial charge in [-0.05, 0) is 38.2 Å². The summed E-state index contributed by atoms with van der Waals surface area (Å²) in [5, 5.41) is 3.13. The SMILES string of the molecule is C[C@@H]1CN(c2ccccc2NC(=O)N2CCCSCC2)C[C@@H](C)O1. The molecule has 0 radical (unpaired) electrons. The number of nitrogens with one attached hydrogen (secondary N) is 1. The number of benzene rings is 1. The van der Waals surface area contributed by atoms with Gasteiger partial charge in [0.05, 0.1) is 23.6 Å². The summed E-state index contributed by atoms with van der Waals surface area (Å²) >= 11 is 1.93. The van der Waals surface area contributed by atoms with Crippen molar-refractivity contribution in [2.24, 2.45) is 0 Å². The number of amides is 2. The second-order valence-electron chi connectivity index (χ2n) is 6.56. The summed E-state index contributed by atoms with van der Waals surface area (Å²) in [6.07, 6.45) is 1.46. The largest absolute Gasteiger partial charge is 0.372 e. The van der Waals surface area contributed by atoms with Gasteiger partial charge in [-0.1, -0.05) is 12.1 Å². The van der Waals surface area contributed by atoms with Crippen molar-refractivity contribution in [3.8, 4) is 0 Å². The Morgan fingerprint density at radius 1 is 1.17 bits per heavy atom. The molecule has 132 valence electrons. The Kier molecular flexibility index (Phi) is 5.89. The highest BCUT2D eigenvalue weighted by Crippen LogP contribution is 2.29. The molecule has 5 nitrogen and oxygen atoms in total. The maximum absolute atomic E-state index is 12.6. The molecular formula is C18H27N3O2S. The van der Waals surface area contributed by atoms with E-state index in [1.54, 1.807) is 0 Å². The Bertz CT molecular complexity index is 551. The number of thioether (sulfide) groups is 1. The molecule has 1 N–H and O–H groups in total. The molecule has 0 saturated carbocycles. The number of nitrogens with zero attached hydrogens (tertiary/aromatic N) is 2. The number of rotatable bonds is 2. The van der Waals surface area contributed by atoms with Gasteiger partial charge in [0.1, 0.15) is 0 Å². The molecule has 2 heterocycles. The first-order valence-electron chi connectivity index (χ1n) is 8.76. The van der Waals surface area contributed by atoms with E-state index in [0.29, 0.717) is 0 Å². The second-order valence-corrected chi connectivity index (χ2v) is 7.79. The molecule has 0 aliphatic carbocycles. The van der Waals surface area contributed by atoms with Gasteiger partial charge in [-0.25, -0.2) is 4.79 Å². The zero-order valence-corrected chi connectivity index (χ0v) is 15.3. The Balaban J connectivity index is 1.72. The standard InChI is InChI=1S/C18H27N3O2S/c1-14-12-21(13-15(2)23-14)17-7-4-3-6-16(17)19-18(22)20-8-5-10-24-11-9-20/h3-4,6-7,14-15H,5,8-13H2,1-2H3,(H,19,22)/t14-,15-/m1/s1. The van der Waals surface area contributed by atoms with Crippen LogP contribution in [0.25, 0.3) is 0 Å². The molecule has 6 heteroatoms. The van der Waals surface area contributed by atoms with Crippen molar-refractivity contribution in [1.29, 1.82) is 0 Å². The van der Waals surface area contributed by atoms with Crippen LogP contribution < -0.4 is 10.2 Å². The van der Waals surface area contributed by atoms with Crippen molar-refractivity contribution in [3.63, 3.8) is 0 Å². The first-order valence-corrected chi connectivity index (χ1v) is 9.92. The molecule has 2 amide bonds. The fourth-order valence-electron chi connectivity index (χ4n) is 3.37. The molecule has 2 aliphatic rings.